The molecule has 1 amide bonds. The molecule has 1 aromatic carbocycles. The normalized spacial score (nSPS) is 13.2. The van der Waals surface area contributed by atoms with Crippen LogP contribution < -0.4 is 11.1 Å². The number of carbonyl (C=O) groups excluding carboxylic acids is 1. The lowest BCUT2D eigenvalue weighted by Gasteiger charge is -2.22. The number of rotatable bonds is 7. The van der Waals surface area contributed by atoms with Gasteiger partial charge in [0.2, 0.25) is 5.91 Å². The molecular weight excluding hydrogens is 359 g/mol. The molecule has 3 nitrogen and oxygen atoms in total. The molecule has 0 aliphatic heterocycles. The molecule has 0 saturated carbocycles. The van der Waals surface area contributed by atoms with Crippen LogP contribution in [0.3, 0.4) is 0 Å². The Morgan fingerprint density at radius 1 is 1.48 bits per heavy atom. The minimum absolute atomic E-state index is 0. The van der Waals surface area contributed by atoms with Crippen molar-refractivity contribution in [3.05, 3.63) is 34.1 Å². The number of hydrogen-bond acceptors (Lipinski definition) is 2. The van der Waals surface area contributed by atoms with Gasteiger partial charge < -0.3 is 11.1 Å². The Kier molecular flexibility index (Phi) is 9.09. The van der Waals surface area contributed by atoms with Crippen LogP contribution in [0.2, 0.25) is 0 Å². The van der Waals surface area contributed by atoms with Crippen LogP contribution in [-0.2, 0) is 11.2 Å². The maximum absolute atomic E-state index is 13.6. The molecule has 0 saturated heterocycles. The number of amides is 1. The Morgan fingerprint density at radius 3 is 2.71 bits per heavy atom. The average molecular weight is 382 g/mol. The molecule has 0 fully saturated rings. The van der Waals surface area contributed by atoms with Crippen molar-refractivity contribution in [3.8, 4) is 0 Å². The summed E-state index contributed by atoms with van der Waals surface area (Å²) in [4.78, 5) is 11.9. The van der Waals surface area contributed by atoms with Crippen molar-refractivity contribution in [2.24, 2.45) is 5.73 Å². The Labute approximate surface area is 140 Å². The Hall–Kier alpha value is -0.650. The van der Waals surface area contributed by atoms with Crippen LogP contribution in [0.1, 0.15) is 38.7 Å². The topological polar surface area (TPSA) is 55.1 Å². The predicted octanol–water partition coefficient (Wildman–Crippen LogP) is 3.58. The van der Waals surface area contributed by atoms with Gasteiger partial charge in [0.15, 0.2) is 0 Å². The van der Waals surface area contributed by atoms with Crippen LogP contribution in [0, 0.1) is 5.82 Å². The molecule has 1 atom stereocenters. The fraction of sp³-hybridized carbons (Fsp3) is 0.533. The third-order valence-electron chi connectivity index (χ3n) is 3.21. The first-order valence-corrected chi connectivity index (χ1v) is 7.67. The van der Waals surface area contributed by atoms with Crippen LogP contribution in [0.25, 0.3) is 0 Å². The van der Waals surface area contributed by atoms with E-state index in [-0.39, 0.29) is 24.1 Å². The summed E-state index contributed by atoms with van der Waals surface area (Å²) >= 11 is 3.22. The molecule has 0 spiro atoms. The van der Waals surface area contributed by atoms with Gasteiger partial charge in [-0.05, 0) is 43.9 Å². The zero-order chi connectivity index (χ0) is 15.2. The molecule has 3 N–H and O–H groups in total. The Morgan fingerprint density at radius 2 is 2.14 bits per heavy atom. The third-order valence-corrected chi connectivity index (χ3v) is 3.70. The maximum Gasteiger partial charge on any atom is 0.239 e. The van der Waals surface area contributed by atoms with Gasteiger partial charge in [0.25, 0.3) is 0 Å². The van der Waals surface area contributed by atoms with E-state index >= 15 is 0 Å². The third kappa shape index (κ3) is 6.76. The smallest absolute Gasteiger partial charge is 0.239 e. The fourth-order valence-electron chi connectivity index (χ4n) is 2.04. The predicted molar refractivity (Wildman–Crippen MR) is 90.2 cm³/mol. The lowest BCUT2D eigenvalue weighted by atomic mass is 9.96. The Bertz CT molecular complexity index is 469. The van der Waals surface area contributed by atoms with E-state index in [2.05, 4.69) is 21.2 Å². The van der Waals surface area contributed by atoms with Crippen molar-refractivity contribution in [1.29, 1.82) is 0 Å². The second kappa shape index (κ2) is 9.38. The molecule has 21 heavy (non-hydrogen) atoms. The van der Waals surface area contributed by atoms with Crippen molar-refractivity contribution in [1.82, 2.24) is 5.32 Å². The van der Waals surface area contributed by atoms with Crippen LogP contribution in [0.15, 0.2) is 22.7 Å². The molecule has 0 aliphatic rings. The highest BCUT2D eigenvalue weighted by Gasteiger charge is 2.26. The van der Waals surface area contributed by atoms with Crippen LogP contribution in [0.5, 0.6) is 0 Å². The zero-order valence-corrected chi connectivity index (χ0v) is 14.8. The van der Waals surface area contributed by atoms with Gasteiger partial charge in [-0.25, -0.2) is 4.39 Å². The summed E-state index contributed by atoms with van der Waals surface area (Å²) in [6.07, 6.45) is 2.80. The first kappa shape index (κ1) is 20.3. The number of nitrogens with one attached hydrogen (secondary N) is 1. The summed E-state index contributed by atoms with van der Waals surface area (Å²) in [7, 11) is 0. The van der Waals surface area contributed by atoms with E-state index in [9.17, 15) is 9.18 Å². The van der Waals surface area contributed by atoms with Gasteiger partial charge in [-0.3, -0.25) is 4.79 Å². The number of benzene rings is 1. The molecule has 0 bridgehead atoms. The summed E-state index contributed by atoms with van der Waals surface area (Å²) in [6, 6.07) is 5.02. The molecule has 120 valence electrons. The van der Waals surface area contributed by atoms with E-state index in [1.54, 1.807) is 13.0 Å². The second-order valence-electron chi connectivity index (χ2n) is 5.26. The standard InChI is InChI=1S/C15H22BrFN2O.ClH/c1-3-8-15(2,18)14(20)19-9-4-5-11-6-7-12(16)10-13(11)17;/h6-7,10H,3-5,8-9,18H2,1-2H3,(H,19,20);1H. The zero-order valence-electron chi connectivity index (χ0n) is 12.4. The van der Waals surface area contributed by atoms with Gasteiger partial charge in [-0.2, -0.15) is 0 Å². The van der Waals surface area contributed by atoms with Crippen molar-refractivity contribution >= 4 is 34.2 Å². The van der Waals surface area contributed by atoms with E-state index in [4.69, 9.17) is 5.73 Å². The van der Waals surface area contributed by atoms with E-state index < -0.39 is 5.54 Å². The highest BCUT2D eigenvalue weighted by Crippen LogP contribution is 2.16. The lowest BCUT2D eigenvalue weighted by molar-refractivity contribution is -0.126. The van der Waals surface area contributed by atoms with Crippen molar-refractivity contribution < 1.29 is 9.18 Å². The molecule has 0 aromatic heterocycles. The number of halogens is 3. The minimum atomic E-state index is -0.822. The lowest BCUT2D eigenvalue weighted by Crippen LogP contribution is -2.51. The minimum Gasteiger partial charge on any atom is -0.355 e. The van der Waals surface area contributed by atoms with Gasteiger partial charge in [-0.15, -0.1) is 12.4 Å². The average Bonchev–Trinajstić information content (AvgIpc) is 2.36. The van der Waals surface area contributed by atoms with Gasteiger partial charge >= 0.3 is 0 Å². The number of carbonyl (C=O) groups is 1. The molecule has 1 unspecified atom stereocenters. The van der Waals surface area contributed by atoms with Crippen molar-refractivity contribution in [3.63, 3.8) is 0 Å². The SMILES string of the molecule is CCCC(C)(N)C(=O)NCCCc1ccc(Br)cc1F.Cl. The Balaban J connectivity index is 0.00000400. The largest absolute Gasteiger partial charge is 0.355 e. The van der Waals surface area contributed by atoms with Crippen LogP contribution in [0.4, 0.5) is 4.39 Å². The fourth-order valence-corrected chi connectivity index (χ4v) is 2.37. The summed E-state index contributed by atoms with van der Waals surface area (Å²) in [5.41, 5.74) is 5.76. The quantitative estimate of drug-likeness (QED) is 0.709. The summed E-state index contributed by atoms with van der Waals surface area (Å²) in [6.45, 7) is 4.24. The summed E-state index contributed by atoms with van der Waals surface area (Å²) in [5.74, 6) is -0.365. The first-order chi connectivity index (χ1) is 9.36. The van der Waals surface area contributed by atoms with Crippen LogP contribution >= 0.6 is 28.3 Å². The molecule has 0 radical (unpaired) electrons. The van der Waals surface area contributed by atoms with Crippen LogP contribution in [-0.4, -0.2) is 18.0 Å². The second-order valence-corrected chi connectivity index (χ2v) is 6.18. The molecule has 1 aromatic rings. The monoisotopic (exact) mass is 380 g/mol. The molecule has 0 aliphatic carbocycles. The van der Waals surface area contributed by atoms with Gasteiger partial charge in [-0.1, -0.05) is 35.3 Å². The summed E-state index contributed by atoms with van der Waals surface area (Å²) < 4.78 is 14.3. The molecule has 6 heteroatoms. The first-order valence-electron chi connectivity index (χ1n) is 6.88. The highest BCUT2D eigenvalue weighted by molar-refractivity contribution is 9.10. The van der Waals surface area contributed by atoms with E-state index in [0.29, 0.717) is 31.4 Å². The van der Waals surface area contributed by atoms with Gasteiger partial charge in [0.1, 0.15) is 5.82 Å². The van der Waals surface area contributed by atoms with Crippen molar-refractivity contribution in [2.75, 3.05) is 6.54 Å². The number of nitrogens with two attached hydrogens (primary N) is 1. The number of aryl methyl sites for hydroxylation is 1. The maximum atomic E-state index is 13.6. The van der Waals surface area contributed by atoms with E-state index in [1.165, 1.54) is 6.07 Å². The van der Waals surface area contributed by atoms with E-state index in [1.807, 2.05) is 13.0 Å². The van der Waals surface area contributed by atoms with Gasteiger partial charge in [0.05, 0.1) is 5.54 Å². The molecular formula is C15H23BrClFN2O. The van der Waals surface area contributed by atoms with Crippen molar-refractivity contribution in [2.45, 2.75) is 45.1 Å². The van der Waals surface area contributed by atoms with E-state index in [0.717, 1.165) is 10.9 Å². The summed E-state index contributed by atoms with van der Waals surface area (Å²) in [5, 5.41) is 2.81. The molecule has 1 rings (SSSR count). The molecule has 0 heterocycles. The van der Waals surface area contributed by atoms with Gasteiger partial charge in [0, 0.05) is 11.0 Å². The highest BCUT2D eigenvalue weighted by atomic mass is 79.9. The number of hydrogen-bond donors (Lipinski definition) is 2.